The van der Waals surface area contributed by atoms with Crippen LogP contribution in [0.1, 0.15) is 29.6 Å². The number of Topliss-reactive ketones (excluding diaryl/α,β-unsaturated/α-hetero) is 1. The highest BCUT2D eigenvalue weighted by molar-refractivity contribution is 7.22. The van der Waals surface area contributed by atoms with Crippen LogP contribution in [-0.2, 0) is 4.79 Å². The van der Waals surface area contributed by atoms with Gasteiger partial charge in [0.05, 0.1) is 21.8 Å². The number of hydrogen-bond acceptors (Lipinski definition) is 5. The number of aliphatic carboxylic acids is 1. The molecule has 3 aromatic carbocycles. The largest absolute Gasteiger partial charge is 0.481 e. The summed E-state index contributed by atoms with van der Waals surface area (Å²) in [6.07, 6.45) is 1.84. The van der Waals surface area contributed by atoms with E-state index in [0.29, 0.717) is 34.6 Å². The van der Waals surface area contributed by atoms with E-state index >= 15 is 0 Å². The Bertz CT molecular complexity index is 1400. The SMILES string of the molecule is O=C(O)[C@@H]1CCC[C@H]1C(=O)c1ccc(-c2ccc(Nc3nc4cc(F)ccc4s3)c(F)c2)cc1. The average molecular weight is 479 g/mol. The second kappa shape index (κ2) is 8.95. The van der Waals surface area contributed by atoms with Crippen molar-refractivity contribution in [3.8, 4) is 11.1 Å². The molecule has 1 aliphatic rings. The minimum atomic E-state index is -0.922. The number of halogens is 2. The molecule has 0 radical (unpaired) electrons. The highest BCUT2D eigenvalue weighted by atomic mass is 32.1. The van der Waals surface area contributed by atoms with Crippen LogP contribution in [-0.4, -0.2) is 21.8 Å². The zero-order chi connectivity index (χ0) is 23.8. The fourth-order valence-corrected chi connectivity index (χ4v) is 5.33. The number of fused-ring (bicyclic) bond motifs is 1. The summed E-state index contributed by atoms with van der Waals surface area (Å²) < 4.78 is 29.0. The molecule has 0 bridgehead atoms. The van der Waals surface area contributed by atoms with Crippen molar-refractivity contribution < 1.29 is 23.5 Å². The van der Waals surface area contributed by atoms with Gasteiger partial charge in [-0.05, 0) is 48.2 Å². The molecule has 34 heavy (non-hydrogen) atoms. The average Bonchev–Trinajstić information content (AvgIpc) is 3.47. The van der Waals surface area contributed by atoms with Crippen molar-refractivity contribution in [3.63, 3.8) is 0 Å². The molecule has 0 unspecified atom stereocenters. The molecule has 172 valence electrons. The molecule has 8 heteroatoms. The van der Waals surface area contributed by atoms with Crippen LogP contribution in [0.25, 0.3) is 21.3 Å². The number of carbonyl (C=O) groups excluding carboxylic acids is 1. The van der Waals surface area contributed by atoms with E-state index in [1.807, 2.05) is 0 Å². The molecule has 1 saturated carbocycles. The smallest absolute Gasteiger partial charge is 0.307 e. The predicted molar refractivity (Wildman–Crippen MR) is 127 cm³/mol. The monoisotopic (exact) mass is 478 g/mol. The fraction of sp³-hybridized carbons (Fsp3) is 0.192. The van der Waals surface area contributed by atoms with Crippen LogP contribution < -0.4 is 5.32 Å². The van der Waals surface area contributed by atoms with E-state index in [9.17, 15) is 23.5 Å². The first-order valence-corrected chi connectivity index (χ1v) is 11.7. The first kappa shape index (κ1) is 22.2. The zero-order valence-corrected chi connectivity index (χ0v) is 18.7. The summed E-state index contributed by atoms with van der Waals surface area (Å²) in [5.41, 5.74) is 2.59. The van der Waals surface area contributed by atoms with Crippen molar-refractivity contribution in [1.82, 2.24) is 4.98 Å². The summed E-state index contributed by atoms with van der Waals surface area (Å²) in [5.74, 6) is -3.05. The first-order chi connectivity index (χ1) is 16.4. The lowest BCUT2D eigenvalue weighted by Crippen LogP contribution is -2.25. The molecule has 2 N–H and O–H groups in total. The Morgan fingerprint density at radius 2 is 1.68 bits per heavy atom. The standard InChI is InChI=1S/C26H20F2N2O3S/c27-17-9-11-23-22(13-17)30-26(34-23)29-21-10-8-16(12-20(21)28)14-4-6-15(7-5-14)24(31)18-2-1-3-19(18)25(32)33/h4-13,18-19H,1-3H2,(H,29,30)(H,32,33)/t18-,19-/m1/s1. The number of hydrogen-bond donors (Lipinski definition) is 2. The maximum absolute atomic E-state index is 14.8. The Morgan fingerprint density at radius 1 is 0.941 bits per heavy atom. The third kappa shape index (κ3) is 4.28. The summed E-state index contributed by atoms with van der Waals surface area (Å²) in [6, 6.07) is 15.9. The highest BCUT2D eigenvalue weighted by Crippen LogP contribution is 2.35. The molecular formula is C26H20F2N2O3S. The fourth-order valence-electron chi connectivity index (χ4n) is 4.48. The Labute approximate surface area is 198 Å². The molecule has 5 rings (SSSR count). The third-order valence-electron chi connectivity index (χ3n) is 6.23. The van der Waals surface area contributed by atoms with Gasteiger partial charge in [0, 0.05) is 17.5 Å². The van der Waals surface area contributed by atoms with Gasteiger partial charge in [-0.15, -0.1) is 0 Å². The molecule has 0 aliphatic heterocycles. The molecular weight excluding hydrogens is 458 g/mol. The minimum Gasteiger partial charge on any atom is -0.481 e. The van der Waals surface area contributed by atoms with E-state index in [0.717, 1.165) is 16.7 Å². The van der Waals surface area contributed by atoms with Crippen LogP contribution in [0.15, 0.2) is 60.7 Å². The van der Waals surface area contributed by atoms with E-state index in [-0.39, 0.29) is 17.3 Å². The normalized spacial score (nSPS) is 17.7. The second-order valence-corrected chi connectivity index (χ2v) is 9.41. The molecule has 0 amide bonds. The molecule has 2 atom stereocenters. The molecule has 1 heterocycles. The molecule has 1 aromatic heterocycles. The lowest BCUT2D eigenvalue weighted by molar-refractivity contribution is -0.142. The number of nitrogens with one attached hydrogen (secondary N) is 1. The zero-order valence-electron chi connectivity index (χ0n) is 17.9. The number of thiazole rings is 1. The molecule has 5 nitrogen and oxygen atoms in total. The van der Waals surface area contributed by atoms with Gasteiger partial charge in [0.25, 0.3) is 0 Å². The number of carboxylic acid groups (broad SMARTS) is 1. The van der Waals surface area contributed by atoms with Crippen molar-refractivity contribution >= 4 is 44.1 Å². The maximum Gasteiger partial charge on any atom is 0.307 e. The van der Waals surface area contributed by atoms with Crippen molar-refractivity contribution in [3.05, 3.63) is 77.9 Å². The number of benzene rings is 3. The van der Waals surface area contributed by atoms with Gasteiger partial charge in [0.2, 0.25) is 0 Å². The third-order valence-corrected chi connectivity index (χ3v) is 7.18. The van der Waals surface area contributed by atoms with E-state index in [1.54, 1.807) is 42.5 Å². The van der Waals surface area contributed by atoms with Crippen molar-refractivity contribution in [2.75, 3.05) is 5.32 Å². The quantitative estimate of drug-likeness (QED) is 0.303. The van der Waals surface area contributed by atoms with Crippen molar-refractivity contribution in [2.45, 2.75) is 19.3 Å². The number of aromatic nitrogens is 1. The van der Waals surface area contributed by atoms with Crippen LogP contribution >= 0.6 is 11.3 Å². The minimum absolute atomic E-state index is 0.155. The highest BCUT2D eigenvalue weighted by Gasteiger charge is 2.37. The molecule has 1 fully saturated rings. The van der Waals surface area contributed by atoms with Crippen LogP contribution in [0, 0.1) is 23.5 Å². The van der Waals surface area contributed by atoms with Crippen molar-refractivity contribution in [1.29, 1.82) is 0 Å². The Hall–Kier alpha value is -3.65. The summed E-state index contributed by atoms with van der Waals surface area (Å²) in [6.45, 7) is 0. The number of nitrogens with zero attached hydrogens (tertiary/aromatic N) is 1. The first-order valence-electron chi connectivity index (χ1n) is 10.9. The van der Waals surface area contributed by atoms with Crippen LogP contribution in [0.2, 0.25) is 0 Å². The summed E-state index contributed by atoms with van der Waals surface area (Å²) in [4.78, 5) is 28.5. The van der Waals surface area contributed by atoms with E-state index in [1.165, 1.54) is 29.5 Å². The number of rotatable bonds is 6. The van der Waals surface area contributed by atoms with Gasteiger partial charge < -0.3 is 10.4 Å². The maximum atomic E-state index is 14.8. The molecule has 0 spiro atoms. The van der Waals surface area contributed by atoms with Gasteiger partial charge in [-0.2, -0.15) is 0 Å². The predicted octanol–water partition coefficient (Wildman–Crippen LogP) is 6.67. The van der Waals surface area contributed by atoms with Gasteiger partial charge >= 0.3 is 5.97 Å². The number of anilines is 2. The summed E-state index contributed by atoms with van der Waals surface area (Å²) in [5, 5.41) is 12.8. The van der Waals surface area contributed by atoms with Gasteiger partial charge in [0.1, 0.15) is 11.6 Å². The van der Waals surface area contributed by atoms with Gasteiger partial charge in [-0.1, -0.05) is 48.1 Å². The van der Waals surface area contributed by atoms with Crippen molar-refractivity contribution in [2.24, 2.45) is 11.8 Å². The van der Waals surface area contributed by atoms with E-state index < -0.39 is 23.6 Å². The topological polar surface area (TPSA) is 79.3 Å². The molecule has 0 saturated heterocycles. The Kier molecular flexibility index (Phi) is 5.83. The van der Waals surface area contributed by atoms with Gasteiger partial charge in [-0.3, -0.25) is 9.59 Å². The lowest BCUT2D eigenvalue weighted by atomic mass is 9.88. The van der Waals surface area contributed by atoms with Gasteiger partial charge in [-0.25, -0.2) is 13.8 Å². The molecule has 4 aromatic rings. The Balaban J connectivity index is 1.32. The second-order valence-electron chi connectivity index (χ2n) is 8.37. The van der Waals surface area contributed by atoms with Crippen LogP contribution in [0.5, 0.6) is 0 Å². The van der Waals surface area contributed by atoms with E-state index in [2.05, 4.69) is 10.3 Å². The van der Waals surface area contributed by atoms with Crippen LogP contribution in [0.4, 0.5) is 19.6 Å². The van der Waals surface area contributed by atoms with Crippen LogP contribution in [0.3, 0.4) is 0 Å². The Morgan fingerprint density at radius 3 is 2.41 bits per heavy atom. The summed E-state index contributed by atoms with van der Waals surface area (Å²) in [7, 11) is 0. The van der Waals surface area contributed by atoms with E-state index in [4.69, 9.17) is 0 Å². The lowest BCUT2D eigenvalue weighted by Gasteiger charge is -2.15. The number of ketones is 1. The molecule has 1 aliphatic carbocycles. The van der Waals surface area contributed by atoms with Gasteiger partial charge in [0.15, 0.2) is 10.9 Å². The number of carbonyl (C=O) groups is 2. The summed E-state index contributed by atoms with van der Waals surface area (Å²) >= 11 is 1.30. The number of carboxylic acids is 1.